The van der Waals surface area contributed by atoms with Gasteiger partial charge >= 0.3 is 6.18 Å². The molecule has 4 bridgehead atoms. The summed E-state index contributed by atoms with van der Waals surface area (Å²) in [5.41, 5.74) is 1.39. The molecular weight excluding hydrogens is 329 g/mol. The summed E-state index contributed by atoms with van der Waals surface area (Å²) in [6.45, 7) is 0. The second-order valence-electron chi connectivity index (χ2n) is 7.98. The van der Waals surface area contributed by atoms with Crippen molar-refractivity contribution in [2.45, 2.75) is 44.7 Å². The number of carbonyl (C=O) groups excluding carboxylic acids is 1. The zero-order chi connectivity index (χ0) is 17.7. The van der Waals surface area contributed by atoms with E-state index in [9.17, 15) is 18.0 Å². The summed E-state index contributed by atoms with van der Waals surface area (Å²) in [6, 6.07) is 5.23. The number of halogens is 3. The van der Waals surface area contributed by atoms with Crippen molar-refractivity contribution < 1.29 is 18.0 Å². The number of hydrogen-bond donors (Lipinski definition) is 1. The van der Waals surface area contributed by atoms with Gasteiger partial charge in [-0.15, -0.1) is 0 Å². The standard InChI is InChI=1S/C19H21F3N2O/c20-19(21,22)16-4-2-1-3-15(16)11-23-24-17(25)18-8-12-5-13(9-18)7-14(6-12)10-18/h1-4,11-14H,5-10H2,(H,24,25). The Kier molecular flexibility index (Phi) is 3.89. The number of nitrogens with one attached hydrogen (secondary N) is 1. The lowest BCUT2D eigenvalue weighted by Crippen LogP contribution is -2.52. The first-order valence-electron chi connectivity index (χ1n) is 8.85. The molecule has 6 heteroatoms. The number of rotatable bonds is 3. The van der Waals surface area contributed by atoms with Gasteiger partial charge in [0.25, 0.3) is 0 Å². The van der Waals surface area contributed by atoms with Crippen molar-refractivity contribution >= 4 is 12.1 Å². The topological polar surface area (TPSA) is 41.5 Å². The highest BCUT2D eigenvalue weighted by Gasteiger charge is 2.54. The molecule has 0 radical (unpaired) electrons. The van der Waals surface area contributed by atoms with Crippen LogP contribution < -0.4 is 5.43 Å². The van der Waals surface area contributed by atoms with Gasteiger partial charge in [0.15, 0.2) is 0 Å². The van der Waals surface area contributed by atoms with Gasteiger partial charge in [0.1, 0.15) is 0 Å². The predicted molar refractivity (Wildman–Crippen MR) is 87.8 cm³/mol. The summed E-state index contributed by atoms with van der Waals surface area (Å²) in [5, 5.41) is 3.85. The van der Waals surface area contributed by atoms with Crippen LogP contribution in [-0.2, 0) is 11.0 Å². The van der Waals surface area contributed by atoms with Crippen molar-refractivity contribution in [3.8, 4) is 0 Å². The van der Waals surface area contributed by atoms with Crippen molar-refractivity contribution in [3.63, 3.8) is 0 Å². The third kappa shape index (κ3) is 3.07. The molecule has 1 amide bonds. The maximum atomic E-state index is 13.0. The normalized spacial score (nSPS) is 33.8. The maximum Gasteiger partial charge on any atom is 0.417 e. The molecule has 3 nitrogen and oxygen atoms in total. The molecule has 4 aliphatic carbocycles. The average Bonchev–Trinajstić information content (AvgIpc) is 2.53. The van der Waals surface area contributed by atoms with Crippen LogP contribution in [0.2, 0.25) is 0 Å². The summed E-state index contributed by atoms with van der Waals surface area (Å²) in [4.78, 5) is 12.7. The van der Waals surface area contributed by atoms with Crippen molar-refractivity contribution in [3.05, 3.63) is 35.4 Å². The third-order valence-electron chi connectivity index (χ3n) is 6.16. The Bertz CT molecular complexity index is 676. The quantitative estimate of drug-likeness (QED) is 0.638. The fraction of sp³-hybridized carbons (Fsp3) is 0.579. The number of benzene rings is 1. The van der Waals surface area contributed by atoms with Gasteiger partial charge in [-0.05, 0) is 62.3 Å². The Morgan fingerprint density at radius 3 is 2.20 bits per heavy atom. The number of alkyl halides is 3. The van der Waals surface area contributed by atoms with E-state index in [-0.39, 0.29) is 16.9 Å². The fourth-order valence-electron chi connectivity index (χ4n) is 5.54. The van der Waals surface area contributed by atoms with Gasteiger partial charge in [-0.2, -0.15) is 18.3 Å². The number of hydrogen-bond acceptors (Lipinski definition) is 2. The van der Waals surface area contributed by atoms with Crippen LogP contribution in [0.3, 0.4) is 0 Å². The van der Waals surface area contributed by atoms with E-state index < -0.39 is 11.7 Å². The van der Waals surface area contributed by atoms with Gasteiger partial charge in [-0.25, -0.2) is 5.43 Å². The average molecular weight is 350 g/mol. The molecule has 0 saturated heterocycles. The molecule has 1 aromatic rings. The number of nitrogens with zero attached hydrogens (tertiary/aromatic N) is 1. The Hall–Kier alpha value is -1.85. The van der Waals surface area contributed by atoms with E-state index in [1.165, 1.54) is 37.5 Å². The Labute approximate surface area is 144 Å². The largest absolute Gasteiger partial charge is 0.417 e. The number of amides is 1. The Morgan fingerprint density at radius 1 is 1.08 bits per heavy atom. The van der Waals surface area contributed by atoms with E-state index in [1.54, 1.807) is 0 Å². The van der Waals surface area contributed by atoms with Crippen LogP contribution >= 0.6 is 0 Å². The van der Waals surface area contributed by atoms with Crippen LogP contribution in [0.1, 0.15) is 49.7 Å². The minimum atomic E-state index is -4.44. The van der Waals surface area contributed by atoms with Crippen molar-refractivity contribution in [1.29, 1.82) is 0 Å². The van der Waals surface area contributed by atoms with E-state index in [0.29, 0.717) is 17.8 Å². The molecule has 1 aromatic carbocycles. The molecule has 0 unspecified atom stereocenters. The van der Waals surface area contributed by atoms with Crippen molar-refractivity contribution in [2.75, 3.05) is 0 Å². The van der Waals surface area contributed by atoms with E-state index in [2.05, 4.69) is 10.5 Å². The molecule has 1 N–H and O–H groups in total. The molecule has 0 aliphatic heterocycles. The molecular formula is C19H21F3N2O. The van der Waals surface area contributed by atoms with Crippen LogP contribution in [0.25, 0.3) is 0 Å². The molecule has 134 valence electrons. The smallest absolute Gasteiger partial charge is 0.273 e. The highest BCUT2D eigenvalue weighted by molar-refractivity contribution is 5.86. The first-order valence-corrected chi connectivity index (χ1v) is 8.85. The van der Waals surface area contributed by atoms with Crippen molar-refractivity contribution in [1.82, 2.24) is 5.43 Å². The lowest BCUT2D eigenvalue weighted by molar-refractivity contribution is -0.146. The van der Waals surface area contributed by atoms with Gasteiger partial charge < -0.3 is 0 Å². The molecule has 5 rings (SSSR count). The summed E-state index contributed by atoms with van der Waals surface area (Å²) in [7, 11) is 0. The van der Waals surface area contributed by atoms with Gasteiger partial charge in [0, 0.05) is 5.56 Å². The van der Waals surface area contributed by atoms with E-state index in [4.69, 9.17) is 0 Å². The molecule has 4 aliphatic rings. The van der Waals surface area contributed by atoms with E-state index in [1.807, 2.05) is 0 Å². The first kappa shape index (κ1) is 16.6. The third-order valence-corrected chi connectivity index (χ3v) is 6.16. The van der Waals surface area contributed by atoms with Gasteiger partial charge in [-0.3, -0.25) is 4.79 Å². The van der Waals surface area contributed by atoms with Gasteiger partial charge in [0.05, 0.1) is 17.2 Å². The van der Waals surface area contributed by atoms with Crippen LogP contribution in [0.15, 0.2) is 29.4 Å². The molecule has 0 spiro atoms. The van der Waals surface area contributed by atoms with Crippen LogP contribution in [0, 0.1) is 23.2 Å². The zero-order valence-corrected chi connectivity index (χ0v) is 13.9. The van der Waals surface area contributed by atoms with E-state index >= 15 is 0 Å². The predicted octanol–water partition coefficient (Wildman–Crippen LogP) is 4.37. The lowest BCUT2D eigenvalue weighted by atomic mass is 9.49. The summed E-state index contributed by atoms with van der Waals surface area (Å²) < 4.78 is 39.0. The molecule has 4 saturated carbocycles. The first-order chi connectivity index (χ1) is 11.9. The number of carbonyl (C=O) groups is 1. The van der Waals surface area contributed by atoms with Crippen LogP contribution in [0.5, 0.6) is 0 Å². The van der Waals surface area contributed by atoms with Gasteiger partial charge in [-0.1, -0.05) is 18.2 Å². The lowest BCUT2D eigenvalue weighted by Gasteiger charge is -2.55. The zero-order valence-electron chi connectivity index (χ0n) is 13.9. The Balaban J connectivity index is 1.47. The summed E-state index contributed by atoms with van der Waals surface area (Å²) in [6.07, 6.45) is 3.06. The second kappa shape index (κ2) is 5.85. The summed E-state index contributed by atoms with van der Waals surface area (Å²) in [5.74, 6) is 1.78. The highest BCUT2D eigenvalue weighted by atomic mass is 19.4. The SMILES string of the molecule is O=C(NN=Cc1ccccc1C(F)(F)F)C12CC3CC(CC(C3)C1)C2. The minimum absolute atomic E-state index is 0.0409. The molecule has 0 heterocycles. The monoisotopic (exact) mass is 350 g/mol. The number of hydrazone groups is 1. The maximum absolute atomic E-state index is 13.0. The molecule has 25 heavy (non-hydrogen) atoms. The van der Waals surface area contributed by atoms with Crippen molar-refractivity contribution in [2.24, 2.45) is 28.3 Å². The summed E-state index contributed by atoms with van der Waals surface area (Å²) >= 11 is 0. The van der Waals surface area contributed by atoms with E-state index in [0.717, 1.165) is 31.5 Å². The molecule has 0 atom stereocenters. The van der Waals surface area contributed by atoms with Crippen LogP contribution in [-0.4, -0.2) is 12.1 Å². The minimum Gasteiger partial charge on any atom is -0.273 e. The Morgan fingerprint density at radius 2 is 1.64 bits per heavy atom. The second-order valence-corrected chi connectivity index (χ2v) is 7.98. The highest BCUT2D eigenvalue weighted by Crippen LogP contribution is 2.60. The molecule has 4 fully saturated rings. The molecule has 0 aromatic heterocycles. The fourth-order valence-corrected chi connectivity index (χ4v) is 5.54. The van der Waals surface area contributed by atoms with Crippen LogP contribution in [0.4, 0.5) is 13.2 Å². The van der Waals surface area contributed by atoms with Gasteiger partial charge in [0.2, 0.25) is 5.91 Å².